The molecule has 0 aliphatic rings. The van der Waals surface area contributed by atoms with Crippen LogP contribution in [0.25, 0.3) is 0 Å². The van der Waals surface area contributed by atoms with Crippen molar-refractivity contribution in [3.05, 3.63) is 21.2 Å². The number of nitrogens with zero attached hydrogens (tertiary/aromatic N) is 2. The van der Waals surface area contributed by atoms with Gasteiger partial charge in [-0.15, -0.1) is 0 Å². The molecule has 6 heteroatoms. The molecule has 0 bridgehead atoms. The van der Waals surface area contributed by atoms with Crippen molar-refractivity contribution in [3.8, 4) is 0 Å². The zero-order chi connectivity index (χ0) is 10.0. The normalized spacial score (nSPS) is 13.0. The van der Waals surface area contributed by atoms with E-state index in [0.29, 0.717) is 12.0 Å². The van der Waals surface area contributed by atoms with Crippen LogP contribution in [0, 0.1) is 0 Å². The fraction of sp³-hybridized carbons (Fsp3) is 0.429. The Morgan fingerprint density at radius 2 is 1.69 bits per heavy atom. The monoisotopic (exact) mass is 240 g/mol. The van der Waals surface area contributed by atoms with Crippen LogP contribution < -0.4 is 0 Å². The van der Waals surface area contributed by atoms with E-state index >= 15 is 0 Å². The first-order valence-corrected chi connectivity index (χ1v) is 4.76. The van der Waals surface area contributed by atoms with Crippen molar-refractivity contribution in [3.63, 3.8) is 0 Å². The first-order chi connectivity index (χ1) is 6.06. The van der Waals surface area contributed by atoms with Crippen LogP contribution in [0.1, 0.15) is 25.0 Å². The van der Waals surface area contributed by atoms with Gasteiger partial charge in [0.05, 0.1) is 11.7 Å². The summed E-state index contributed by atoms with van der Waals surface area (Å²) in [6.45, 7) is 1.80. The van der Waals surface area contributed by atoms with Crippen LogP contribution >= 0.6 is 34.8 Å². The van der Waals surface area contributed by atoms with E-state index in [4.69, 9.17) is 34.8 Å². The van der Waals surface area contributed by atoms with Crippen LogP contribution in [-0.2, 0) is 0 Å². The third-order valence-electron chi connectivity index (χ3n) is 1.55. The lowest BCUT2D eigenvalue weighted by atomic mass is 10.1. The minimum atomic E-state index is -0.753. The molecule has 0 radical (unpaired) electrons. The van der Waals surface area contributed by atoms with E-state index in [1.807, 2.05) is 0 Å². The van der Waals surface area contributed by atoms with Gasteiger partial charge in [-0.3, -0.25) is 0 Å². The second-order valence-electron chi connectivity index (χ2n) is 2.41. The van der Waals surface area contributed by atoms with Gasteiger partial charge < -0.3 is 5.11 Å². The number of hydrogen-bond donors (Lipinski definition) is 1. The molecule has 13 heavy (non-hydrogen) atoms. The van der Waals surface area contributed by atoms with Gasteiger partial charge >= 0.3 is 0 Å². The van der Waals surface area contributed by atoms with Crippen molar-refractivity contribution < 1.29 is 5.11 Å². The summed E-state index contributed by atoms with van der Waals surface area (Å²) in [6, 6.07) is 0. The first-order valence-electron chi connectivity index (χ1n) is 3.62. The molecule has 0 spiro atoms. The molecule has 1 aromatic heterocycles. The van der Waals surface area contributed by atoms with Crippen molar-refractivity contribution in [2.24, 2.45) is 0 Å². The molecule has 1 unspecified atom stereocenters. The van der Waals surface area contributed by atoms with Gasteiger partial charge in [0, 0.05) is 0 Å². The van der Waals surface area contributed by atoms with E-state index in [0.717, 1.165) is 0 Å². The highest BCUT2D eigenvalue weighted by atomic mass is 35.5. The van der Waals surface area contributed by atoms with Gasteiger partial charge in [-0.05, 0) is 18.0 Å². The number of aliphatic hydroxyl groups excluding tert-OH is 1. The maximum atomic E-state index is 9.49. The van der Waals surface area contributed by atoms with Crippen LogP contribution in [0.15, 0.2) is 0 Å². The van der Waals surface area contributed by atoms with Gasteiger partial charge in [0.25, 0.3) is 0 Å². The Morgan fingerprint density at radius 1 is 1.23 bits per heavy atom. The highest BCUT2D eigenvalue weighted by Gasteiger charge is 2.17. The van der Waals surface area contributed by atoms with Crippen LogP contribution in [0.4, 0.5) is 0 Å². The Labute approximate surface area is 90.7 Å². The quantitative estimate of drug-likeness (QED) is 0.640. The van der Waals surface area contributed by atoms with Gasteiger partial charge in [-0.1, -0.05) is 30.1 Å². The molecule has 1 heterocycles. The van der Waals surface area contributed by atoms with Gasteiger partial charge in [0.2, 0.25) is 5.28 Å². The molecule has 0 fully saturated rings. The standard InChI is InChI=1S/C7H7Cl3N2O/c1-2-3(13)4-5(8)11-7(10)12-6(4)9/h3,13H,2H2,1H3. The summed E-state index contributed by atoms with van der Waals surface area (Å²) < 4.78 is 0. The summed E-state index contributed by atoms with van der Waals surface area (Å²) >= 11 is 17.0. The van der Waals surface area contributed by atoms with E-state index in [-0.39, 0.29) is 15.6 Å². The number of hydrogen-bond acceptors (Lipinski definition) is 3. The molecule has 0 saturated carbocycles. The fourth-order valence-electron chi connectivity index (χ4n) is 0.872. The van der Waals surface area contributed by atoms with Crippen LogP contribution in [0.3, 0.4) is 0 Å². The second-order valence-corrected chi connectivity index (χ2v) is 3.47. The molecule has 3 nitrogen and oxygen atoms in total. The average molecular weight is 242 g/mol. The van der Waals surface area contributed by atoms with Gasteiger partial charge in [-0.25, -0.2) is 9.97 Å². The Bertz CT molecular complexity index is 296. The predicted octanol–water partition coefficient (Wildman–Crippen LogP) is 2.88. The van der Waals surface area contributed by atoms with Crippen molar-refractivity contribution in [1.29, 1.82) is 0 Å². The molecule has 72 valence electrons. The maximum Gasteiger partial charge on any atom is 0.225 e. The molecule has 0 amide bonds. The van der Waals surface area contributed by atoms with Crippen LogP contribution in [0.2, 0.25) is 15.6 Å². The van der Waals surface area contributed by atoms with E-state index in [2.05, 4.69) is 9.97 Å². The number of rotatable bonds is 2. The highest BCUT2D eigenvalue weighted by molar-refractivity contribution is 6.36. The highest BCUT2D eigenvalue weighted by Crippen LogP contribution is 2.30. The third-order valence-corrected chi connectivity index (χ3v) is 2.29. The largest absolute Gasteiger partial charge is 0.388 e. The van der Waals surface area contributed by atoms with Crippen molar-refractivity contribution >= 4 is 34.8 Å². The maximum absolute atomic E-state index is 9.49. The number of aliphatic hydroxyl groups is 1. The summed E-state index contributed by atoms with van der Waals surface area (Å²) in [5.74, 6) is 0. The molecule has 0 aliphatic carbocycles. The third kappa shape index (κ3) is 2.44. The summed E-state index contributed by atoms with van der Waals surface area (Å²) in [5.41, 5.74) is 0.329. The van der Waals surface area contributed by atoms with Gasteiger partial charge in [0.1, 0.15) is 10.3 Å². The van der Waals surface area contributed by atoms with Gasteiger partial charge in [0.15, 0.2) is 0 Å². The van der Waals surface area contributed by atoms with Crippen LogP contribution in [0.5, 0.6) is 0 Å². The minimum Gasteiger partial charge on any atom is -0.388 e. The van der Waals surface area contributed by atoms with E-state index < -0.39 is 6.10 Å². The number of aromatic nitrogens is 2. The summed E-state index contributed by atoms with van der Waals surface area (Å²) in [4.78, 5) is 7.36. The molecule has 0 aliphatic heterocycles. The Hall–Kier alpha value is -0.0900. The molecule has 1 atom stereocenters. The summed E-state index contributed by atoms with van der Waals surface area (Å²) in [6.07, 6.45) is -0.262. The topological polar surface area (TPSA) is 46.0 Å². The van der Waals surface area contributed by atoms with Crippen molar-refractivity contribution in [2.45, 2.75) is 19.4 Å². The van der Waals surface area contributed by atoms with E-state index in [1.54, 1.807) is 6.92 Å². The predicted molar refractivity (Wildman–Crippen MR) is 52.3 cm³/mol. The molecule has 1 rings (SSSR count). The van der Waals surface area contributed by atoms with Crippen molar-refractivity contribution in [1.82, 2.24) is 9.97 Å². The zero-order valence-electron chi connectivity index (χ0n) is 6.76. The summed E-state index contributed by atoms with van der Waals surface area (Å²) in [5, 5.41) is 9.66. The van der Waals surface area contributed by atoms with Crippen molar-refractivity contribution in [2.75, 3.05) is 0 Å². The molecule has 0 aromatic carbocycles. The number of halogens is 3. The molecular formula is C7H7Cl3N2O. The Balaban J connectivity index is 3.20. The average Bonchev–Trinajstić information content (AvgIpc) is 2.02. The Kier molecular flexibility index (Phi) is 3.74. The zero-order valence-corrected chi connectivity index (χ0v) is 9.03. The lowest BCUT2D eigenvalue weighted by Crippen LogP contribution is -2.01. The van der Waals surface area contributed by atoms with E-state index in [9.17, 15) is 5.11 Å². The van der Waals surface area contributed by atoms with Gasteiger partial charge in [-0.2, -0.15) is 0 Å². The second kappa shape index (κ2) is 4.42. The smallest absolute Gasteiger partial charge is 0.225 e. The molecule has 1 aromatic rings. The SMILES string of the molecule is CCC(O)c1c(Cl)nc(Cl)nc1Cl. The molecular weight excluding hydrogens is 234 g/mol. The lowest BCUT2D eigenvalue weighted by molar-refractivity contribution is 0.173. The molecule has 1 N–H and O–H groups in total. The molecule has 0 saturated heterocycles. The fourth-order valence-corrected chi connectivity index (χ4v) is 1.77. The van der Waals surface area contributed by atoms with Crippen LogP contribution in [-0.4, -0.2) is 15.1 Å². The summed E-state index contributed by atoms with van der Waals surface area (Å²) in [7, 11) is 0. The van der Waals surface area contributed by atoms with E-state index in [1.165, 1.54) is 0 Å². The lowest BCUT2D eigenvalue weighted by Gasteiger charge is -2.10. The first kappa shape index (κ1) is 11.0. The minimum absolute atomic E-state index is 0.0259. The Morgan fingerprint density at radius 3 is 2.08 bits per heavy atom.